The molecule has 1 aliphatic carbocycles. The molecule has 70 valence electrons. The van der Waals surface area contributed by atoms with Crippen LogP contribution in [0.4, 0.5) is 0 Å². The summed E-state index contributed by atoms with van der Waals surface area (Å²) in [7, 11) is 0. The summed E-state index contributed by atoms with van der Waals surface area (Å²) < 4.78 is 0. The molecule has 0 saturated heterocycles. The summed E-state index contributed by atoms with van der Waals surface area (Å²) in [5.74, 6) is 0.0693. The smallest absolute Gasteiger partial charge is 0.235 e. The van der Waals surface area contributed by atoms with Gasteiger partial charge >= 0.3 is 0 Å². The highest BCUT2D eigenvalue weighted by Crippen LogP contribution is 2.16. The van der Waals surface area contributed by atoms with Crippen molar-refractivity contribution in [1.82, 2.24) is 5.32 Å². The Kier molecular flexibility index (Phi) is 4.44. The molecule has 0 aromatic heterocycles. The molecule has 0 spiro atoms. The Morgan fingerprint density at radius 2 is 1.83 bits per heavy atom. The van der Waals surface area contributed by atoms with Gasteiger partial charge in [0, 0.05) is 6.04 Å². The van der Waals surface area contributed by atoms with E-state index in [1.54, 1.807) is 0 Å². The van der Waals surface area contributed by atoms with Gasteiger partial charge in [0.05, 0.1) is 0 Å². The zero-order valence-corrected chi connectivity index (χ0v) is 8.07. The van der Waals surface area contributed by atoms with Crippen molar-refractivity contribution in [1.29, 1.82) is 0 Å². The molecule has 0 aromatic rings. The van der Waals surface area contributed by atoms with Gasteiger partial charge in [-0.2, -0.15) is 0 Å². The maximum absolute atomic E-state index is 10.9. The summed E-state index contributed by atoms with van der Waals surface area (Å²) in [6, 6.07) is 0.388. The van der Waals surface area contributed by atoms with Crippen LogP contribution in [0.5, 0.6) is 0 Å². The van der Waals surface area contributed by atoms with Gasteiger partial charge in [-0.1, -0.05) is 25.7 Å². The van der Waals surface area contributed by atoms with Crippen LogP contribution in [0.2, 0.25) is 0 Å². The Morgan fingerprint density at radius 3 is 2.33 bits per heavy atom. The topological polar surface area (TPSA) is 29.1 Å². The predicted molar refractivity (Wildman–Crippen MR) is 50.4 cm³/mol. The van der Waals surface area contributed by atoms with E-state index in [1.807, 2.05) is 0 Å². The van der Waals surface area contributed by atoms with Crippen molar-refractivity contribution in [2.45, 2.75) is 44.6 Å². The highest BCUT2D eigenvalue weighted by Gasteiger charge is 2.13. The fraction of sp³-hybridized carbons (Fsp3) is 0.889. The van der Waals surface area contributed by atoms with E-state index >= 15 is 0 Å². The van der Waals surface area contributed by atoms with Crippen LogP contribution in [0.15, 0.2) is 0 Å². The Balaban J connectivity index is 2.24. The number of amides is 1. The van der Waals surface area contributed by atoms with Crippen molar-refractivity contribution < 1.29 is 4.79 Å². The average molecular weight is 190 g/mol. The number of nitrogens with one attached hydrogen (secondary N) is 1. The second kappa shape index (κ2) is 5.41. The summed E-state index contributed by atoms with van der Waals surface area (Å²) in [5.41, 5.74) is 0. The van der Waals surface area contributed by atoms with Crippen molar-refractivity contribution in [2.75, 3.05) is 5.88 Å². The molecule has 1 N–H and O–H groups in total. The van der Waals surface area contributed by atoms with Crippen LogP contribution in [0.3, 0.4) is 0 Å². The molecular formula is C9H16ClNO. The molecule has 0 heterocycles. The molecule has 0 radical (unpaired) electrons. The molecule has 1 aliphatic rings. The first-order chi connectivity index (χ1) is 5.83. The molecule has 3 heteroatoms. The van der Waals surface area contributed by atoms with Crippen LogP contribution >= 0.6 is 11.6 Å². The third-order valence-corrected chi connectivity index (χ3v) is 2.58. The Bertz CT molecular complexity index is 141. The molecule has 1 saturated carbocycles. The number of halogens is 1. The highest BCUT2D eigenvalue weighted by molar-refractivity contribution is 6.27. The zero-order chi connectivity index (χ0) is 8.81. The summed E-state index contributed by atoms with van der Waals surface area (Å²) in [4.78, 5) is 10.9. The van der Waals surface area contributed by atoms with Crippen molar-refractivity contribution in [3.63, 3.8) is 0 Å². The fourth-order valence-corrected chi connectivity index (χ4v) is 1.77. The molecule has 1 fully saturated rings. The number of hydrogen-bond donors (Lipinski definition) is 1. The number of carbonyl (C=O) groups excluding carboxylic acids is 1. The lowest BCUT2D eigenvalue weighted by molar-refractivity contribution is -0.119. The summed E-state index contributed by atoms with van der Waals surface area (Å²) in [6.45, 7) is 0. The molecule has 0 atom stereocenters. The molecule has 0 aliphatic heterocycles. The van der Waals surface area contributed by atoms with Gasteiger partial charge < -0.3 is 5.32 Å². The monoisotopic (exact) mass is 189 g/mol. The van der Waals surface area contributed by atoms with Crippen LogP contribution < -0.4 is 5.32 Å². The van der Waals surface area contributed by atoms with Crippen LogP contribution in [0.25, 0.3) is 0 Å². The molecule has 12 heavy (non-hydrogen) atoms. The average Bonchev–Trinajstić information content (AvgIpc) is 2.33. The minimum Gasteiger partial charge on any atom is -0.352 e. The van der Waals surface area contributed by atoms with Gasteiger partial charge in [0.25, 0.3) is 0 Å². The first-order valence-corrected chi connectivity index (χ1v) is 5.21. The molecule has 1 amide bonds. The molecule has 2 nitrogen and oxygen atoms in total. The number of alkyl halides is 1. The molecule has 0 bridgehead atoms. The van der Waals surface area contributed by atoms with E-state index in [2.05, 4.69) is 5.32 Å². The van der Waals surface area contributed by atoms with Crippen molar-refractivity contribution in [3.05, 3.63) is 0 Å². The van der Waals surface area contributed by atoms with E-state index in [9.17, 15) is 4.79 Å². The minimum atomic E-state index is -0.0245. The van der Waals surface area contributed by atoms with E-state index in [-0.39, 0.29) is 11.8 Å². The van der Waals surface area contributed by atoms with Crippen LogP contribution in [0.1, 0.15) is 38.5 Å². The Labute approximate surface area is 78.7 Å². The molecular weight excluding hydrogens is 174 g/mol. The Hall–Kier alpha value is -0.240. The third-order valence-electron chi connectivity index (χ3n) is 2.34. The largest absolute Gasteiger partial charge is 0.352 e. The van der Waals surface area contributed by atoms with Gasteiger partial charge in [-0.05, 0) is 12.8 Å². The highest BCUT2D eigenvalue weighted by atomic mass is 35.5. The second-order valence-electron chi connectivity index (χ2n) is 3.39. The quantitative estimate of drug-likeness (QED) is 0.523. The number of hydrogen-bond acceptors (Lipinski definition) is 1. The van der Waals surface area contributed by atoms with Crippen molar-refractivity contribution in [2.24, 2.45) is 0 Å². The van der Waals surface area contributed by atoms with Gasteiger partial charge in [0.2, 0.25) is 5.91 Å². The van der Waals surface area contributed by atoms with E-state index in [0.29, 0.717) is 6.04 Å². The lowest BCUT2D eigenvalue weighted by Crippen LogP contribution is -2.35. The Morgan fingerprint density at radius 1 is 1.25 bits per heavy atom. The van der Waals surface area contributed by atoms with Gasteiger partial charge in [-0.15, -0.1) is 11.6 Å². The van der Waals surface area contributed by atoms with Crippen molar-refractivity contribution in [3.8, 4) is 0 Å². The normalized spacial score (nSPS) is 20.1. The minimum absolute atomic E-state index is 0.0245. The predicted octanol–water partition coefficient (Wildman–Crippen LogP) is 2.06. The summed E-state index contributed by atoms with van der Waals surface area (Å²) in [6.07, 6.45) is 7.37. The van der Waals surface area contributed by atoms with E-state index < -0.39 is 0 Å². The maximum Gasteiger partial charge on any atom is 0.235 e. The van der Waals surface area contributed by atoms with Crippen molar-refractivity contribution >= 4 is 17.5 Å². The summed E-state index contributed by atoms with van der Waals surface area (Å²) >= 11 is 5.40. The molecule has 1 rings (SSSR count). The fourth-order valence-electron chi connectivity index (χ4n) is 1.69. The first-order valence-electron chi connectivity index (χ1n) is 4.68. The third kappa shape index (κ3) is 3.44. The lowest BCUT2D eigenvalue weighted by Gasteiger charge is -2.14. The van der Waals surface area contributed by atoms with Crippen LogP contribution in [0, 0.1) is 0 Å². The van der Waals surface area contributed by atoms with Gasteiger partial charge in [-0.25, -0.2) is 0 Å². The van der Waals surface area contributed by atoms with Gasteiger partial charge in [0.1, 0.15) is 5.88 Å². The summed E-state index contributed by atoms with van der Waals surface area (Å²) in [5, 5.41) is 2.94. The first kappa shape index (κ1) is 9.85. The number of carbonyl (C=O) groups is 1. The van der Waals surface area contributed by atoms with Gasteiger partial charge in [0.15, 0.2) is 0 Å². The van der Waals surface area contributed by atoms with Crippen LogP contribution in [-0.4, -0.2) is 17.8 Å². The van der Waals surface area contributed by atoms with E-state index in [0.717, 1.165) is 12.8 Å². The SMILES string of the molecule is O=C(CCl)NC1CCCCCC1. The standard InChI is InChI=1S/C9H16ClNO/c10-7-9(12)11-8-5-3-1-2-4-6-8/h8H,1-7H2,(H,11,12). The lowest BCUT2D eigenvalue weighted by atomic mass is 10.1. The molecule has 0 aromatic carbocycles. The van der Waals surface area contributed by atoms with E-state index in [1.165, 1.54) is 25.7 Å². The second-order valence-corrected chi connectivity index (χ2v) is 3.66. The van der Waals surface area contributed by atoms with Crippen LogP contribution in [-0.2, 0) is 4.79 Å². The van der Waals surface area contributed by atoms with Gasteiger partial charge in [-0.3, -0.25) is 4.79 Å². The van der Waals surface area contributed by atoms with E-state index in [4.69, 9.17) is 11.6 Å². The zero-order valence-electron chi connectivity index (χ0n) is 7.31. The maximum atomic E-state index is 10.9. The number of rotatable bonds is 2. The molecule has 0 unspecified atom stereocenters.